The standard InChI is InChI=1S/C23H26ClN5O4/c1-23(2,3)33-22(31)28-11-7-16(8-12-28)32-19-6-5-15(24)13-18(19)27-21(30)17-14-26-29-10-4-9-25-20(17)29/h4-6,9-10,13-14,16H,7-8,11-12H2,1-3H3,(H,27,30). The predicted octanol–water partition coefficient (Wildman–Crippen LogP) is 4.41. The first-order chi connectivity index (χ1) is 15.7. The van der Waals surface area contributed by atoms with Gasteiger partial charge in [0, 0.05) is 43.3 Å². The van der Waals surface area contributed by atoms with E-state index in [1.54, 1.807) is 41.6 Å². The fraction of sp³-hybridized carbons (Fsp3) is 0.391. The second kappa shape index (κ2) is 9.27. The molecule has 0 atom stereocenters. The van der Waals surface area contributed by atoms with E-state index in [1.807, 2.05) is 20.8 Å². The number of amides is 2. The Morgan fingerprint density at radius 1 is 1.21 bits per heavy atom. The van der Waals surface area contributed by atoms with Crippen LogP contribution in [0.4, 0.5) is 10.5 Å². The molecule has 3 heterocycles. The molecule has 33 heavy (non-hydrogen) atoms. The van der Waals surface area contributed by atoms with E-state index in [0.29, 0.717) is 53.6 Å². The molecule has 4 rings (SSSR count). The molecule has 2 aromatic heterocycles. The van der Waals surface area contributed by atoms with Crippen molar-refractivity contribution in [1.29, 1.82) is 0 Å². The van der Waals surface area contributed by atoms with E-state index in [0.717, 1.165) is 0 Å². The van der Waals surface area contributed by atoms with E-state index in [4.69, 9.17) is 21.1 Å². The van der Waals surface area contributed by atoms with Crippen LogP contribution in [0.5, 0.6) is 5.75 Å². The van der Waals surface area contributed by atoms with Gasteiger partial charge in [-0.25, -0.2) is 14.3 Å². The van der Waals surface area contributed by atoms with Gasteiger partial charge in [-0.3, -0.25) is 4.79 Å². The van der Waals surface area contributed by atoms with Gasteiger partial charge in [-0.15, -0.1) is 0 Å². The number of piperidine rings is 1. The minimum absolute atomic E-state index is 0.112. The van der Waals surface area contributed by atoms with Gasteiger partial charge in [0.15, 0.2) is 5.65 Å². The van der Waals surface area contributed by atoms with Gasteiger partial charge in [-0.05, 0) is 45.0 Å². The monoisotopic (exact) mass is 471 g/mol. The maximum Gasteiger partial charge on any atom is 0.410 e. The number of aromatic nitrogens is 3. The number of hydrogen-bond acceptors (Lipinski definition) is 6. The summed E-state index contributed by atoms with van der Waals surface area (Å²) in [6.45, 7) is 6.60. The smallest absolute Gasteiger partial charge is 0.410 e. The lowest BCUT2D eigenvalue weighted by molar-refractivity contribution is 0.0127. The molecule has 0 unspecified atom stereocenters. The number of nitrogens with zero attached hydrogens (tertiary/aromatic N) is 4. The van der Waals surface area contributed by atoms with E-state index >= 15 is 0 Å². The third kappa shape index (κ3) is 5.54. The third-order valence-electron chi connectivity index (χ3n) is 5.10. The molecule has 0 aliphatic carbocycles. The lowest BCUT2D eigenvalue weighted by Crippen LogP contribution is -2.44. The lowest BCUT2D eigenvalue weighted by atomic mass is 10.1. The van der Waals surface area contributed by atoms with Gasteiger partial charge in [0.2, 0.25) is 0 Å². The highest BCUT2D eigenvalue weighted by atomic mass is 35.5. The number of hydrogen-bond donors (Lipinski definition) is 1. The predicted molar refractivity (Wildman–Crippen MR) is 124 cm³/mol. The number of carbonyl (C=O) groups excluding carboxylic acids is 2. The molecule has 0 saturated carbocycles. The van der Waals surface area contributed by atoms with Gasteiger partial charge in [0.05, 0.1) is 11.9 Å². The van der Waals surface area contributed by atoms with Crippen molar-refractivity contribution in [2.45, 2.75) is 45.3 Å². The molecule has 174 valence electrons. The van der Waals surface area contributed by atoms with Crippen molar-refractivity contribution in [3.8, 4) is 5.75 Å². The molecule has 0 spiro atoms. The number of fused-ring (bicyclic) bond motifs is 1. The highest BCUT2D eigenvalue weighted by Gasteiger charge is 2.28. The third-order valence-corrected chi connectivity index (χ3v) is 5.34. The van der Waals surface area contributed by atoms with Gasteiger partial charge in [0.25, 0.3) is 5.91 Å². The van der Waals surface area contributed by atoms with Gasteiger partial charge in [0.1, 0.15) is 23.0 Å². The Morgan fingerprint density at radius 2 is 1.97 bits per heavy atom. The van der Waals surface area contributed by atoms with Crippen LogP contribution in [0.2, 0.25) is 5.02 Å². The molecule has 10 heteroatoms. The summed E-state index contributed by atoms with van der Waals surface area (Å²) < 4.78 is 13.2. The fourth-order valence-electron chi connectivity index (χ4n) is 3.54. The van der Waals surface area contributed by atoms with Crippen molar-refractivity contribution in [2.75, 3.05) is 18.4 Å². The number of anilines is 1. The highest BCUT2D eigenvalue weighted by molar-refractivity contribution is 6.31. The maximum atomic E-state index is 12.9. The van der Waals surface area contributed by atoms with Crippen LogP contribution in [0.15, 0.2) is 42.9 Å². The zero-order valence-electron chi connectivity index (χ0n) is 18.7. The Hall–Kier alpha value is -3.33. The quantitative estimate of drug-likeness (QED) is 0.605. The van der Waals surface area contributed by atoms with Gasteiger partial charge in [-0.1, -0.05) is 11.6 Å². The SMILES string of the molecule is CC(C)(C)OC(=O)N1CCC(Oc2ccc(Cl)cc2NC(=O)c2cnn3cccnc23)CC1. The van der Waals surface area contributed by atoms with E-state index in [-0.39, 0.29) is 18.1 Å². The van der Waals surface area contributed by atoms with Crippen LogP contribution in [0, 0.1) is 0 Å². The highest BCUT2D eigenvalue weighted by Crippen LogP contribution is 2.31. The number of ether oxygens (including phenoxy) is 2. The van der Waals surface area contributed by atoms with E-state index < -0.39 is 5.60 Å². The van der Waals surface area contributed by atoms with Crippen molar-refractivity contribution in [1.82, 2.24) is 19.5 Å². The molecular weight excluding hydrogens is 446 g/mol. The second-order valence-electron chi connectivity index (χ2n) is 8.83. The average molecular weight is 472 g/mol. The number of carbonyl (C=O) groups is 2. The summed E-state index contributed by atoms with van der Waals surface area (Å²) in [5.74, 6) is 0.142. The van der Waals surface area contributed by atoms with Crippen LogP contribution in [-0.2, 0) is 4.74 Å². The normalized spacial score (nSPS) is 14.8. The summed E-state index contributed by atoms with van der Waals surface area (Å²) in [6, 6.07) is 6.81. The maximum absolute atomic E-state index is 12.9. The van der Waals surface area contributed by atoms with Crippen LogP contribution >= 0.6 is 11.6 Å². The van der Waals surface area contributed by atoms with E-state index in [2.05, 4.69) is 15.4 Å². The molecule has 1 aliphatic heterocycles. The molecule has 1 aromatic carbocycles. The van der Waals surface area contributed by atoms with Crippen LogP contribution < -0.4 is 10.1 Å². The van der Waals surface area contributed by atoms with Gasteiger partial charge < -0.3 is 19.7 Å². The minimum atomic E-state index is -0.530. The van der Waals surface area contributed by atoms with Crippen molar-refractivity contribution < 1.29 is 19.1 Å². The molecule has 1 N–H and O–H groups in total. The minimum Gasteiger partial charge on any atom is -0.488 e. The molecule has 0 bridgehead atoms. The Kier molecular flexibility index (Phi) is 6.42. The zero-order valence-corrected chi connectivity index (χ0v) is 19.5. The first-order valence-electron chi connectivity index (χ1n) is 10.7. The number of likely N-dealkylation sites (tertiary alicyclic amines) is 1. The van der Waals surface area contributed by atoms with Crippen molar-refractivity contribution in [3.63, 3.8) is 0 Å². The van der Waals surface area contributed by atoms with Crippen LogP contribution in [0.3, 0.4) is 0 Å². The largest absolute Gasteiger partial charge is 0.488 e. The Labute approximate surface area is 196 Å². The van der Waals surface area contributed by atoms with Crippen LogP contribution in [0.25, 0.3) is 5.65 Å². The molecule has 1 aliphatic rings. The molecule has 0 radical (unpaired) electrons. The number of halogens is 1. The second-order valence-corrected chi connectivity index (χ2v) is 9.26. The molecule has 1 saturated heterocycles. The van der Waals surface area contributed by atoms with E-state index in [1.165, 1.54) is 10.7 Å². The first kappa shape index (κ1) is 22.8. The molecule has 3 aromatic rings. The van der Waals surface area contributed by atoms with Crippen LogP contribution in [-0.4, -0.2) is 56.3 Å². The number of nitrogens with one attached hydrogen (secondary N) is 1. The van der Waals surface area contributed by atoms with Crippen molar-refractivity contribution in [2.24, 2.45) is 0 Å². The first-order valence-corrected chi connectivity index (χ1v) is 11.1. The molecule has 1 fully saturated rings. The summed E-state index contributed by atoms with van der Waals surface area (Å²) in [5, 5.41) is 7.48. The fourth-order valence-corrected chi connectivity index (χ4v) is 3.71. The van der Waals surface area contributed by atoms with Crippen LogP contribution in [0.1, 0.15) is 44.0 Å². The average Bonchev–Trinajstić information content (AvgIpc) is 3.19. The summed E-state index contributed by atoms with van der Waals surface area (Å²) in [4.78, 5) is 31.1. The Morgan fingerprint density at radius 3 is 2.70 bits per heavy atom. The summed E-state index contributed by atoms with van der Waals surface area (Å²) in [6.07, 6.45) is 5.65. The summed E-state index contributed by atoms with van der Waals surface area (Å²) in [5.41, 5.74) is 0.718. The van der Waals surface area contributed by atoms with Crippen molar-refractivity contribution in [3.05, 3.63) is 53.4 Å². The molecule has 2 amide bonds. The summed E-state index contributed by atoms with van der Waals surface area (Å²) in [7, 11) is 0. The zero-order chi connectivity index (χ0) is 23.6. The topological polar surface area (TPSA) is 98.1 Å². The lowest BCUT2D eigenvalue weighted by Gasteiger charge is -2.33. The van der Waals surface area contributed by atoms with E-state index in [9.17, 15) is 9.59 Å². The van der Waals surface area contributed by atoms with Gasteiger partial charge in [-0.2, -0.15) is 5.10 Å². The molecule has 9 nitrogen and oxygen atoms in total. The van der Waals surface area contributed by atoms with Crippen molar-refractivity contribution >= 4 is 34.9 Å². The Balaban J connectivity index is 1.43. The Bertz CT molecular complexity index is 1170. The molecular formula is C23H26ClN5O4. The summed E-state index contributed by atoms with van der Waals surface area (Å²) >= 11 is 6.18. The number of rotatable bonds is 4. The van der Waals surface area contributed by atoms with Gasteiger partial charge >= 0.3 is 6.09 Å². The number of benzene rings is 1.